The largest absolute Gasteiger partial charge is 0.369 e. The first-order chi connectivity index (χ1) is 14.9. The summed E-state index contributed by atoms with van der Waals surface area (Å²) in [5.41, 5.74) is 3.02. The number of carbonyl (C=O) groups excluding carboxylic acids is 1. The molecule has 1 aliphatic heterocycles. The molecular weight excluding hydrogens is 395 g/mol. The van der Waals surface area contributed by atoms with E-state index < -0.39 is 11.9 Å². The lowest BCUT2D eigenvalue weighted by Gasteiger charge is -2.25. The fraction of sp³-hybridized carbons (Fsp3) is 0.391. The number of aromatic amines is 1. The van der Waals surface area contributed by atoms with E-state index >= 15 is 0 Å². The molecule has 1 aliphatic rings. The van der Waals surface area contributed by atoms with Gasteiger partial charge in [-0.25, -0.2) is 14.4 Å². The van der Waals surface area contributed by atoms with Crippen molar-refractivity contribution in [1.82, 2.24) is 25.1 Å². The Hall–Kier alpha value is -3.29. The van der Waals surface area contributed by atoms with Crippen LogP contribution in [0.1, 0.15) is 47.2 Å². The highest BCUT2D eigenvalue weighted by Crippen LogP contribution is 2.29. The molecule has 1 fully saturated rings. The Bertz CT molecular complexity index is 996. The van der Waals surface area contributed by atoms with Crippen LogP contribution >= 0.6 is 0 Å². The number of aryl methyl sites for hydroxylation is 1. The van der Waals surface area contributed by atoms with Crippen LogP contribution in [0, 0.1) is 13.8 Å². The minimum Gasteiger partial charge on any atom is -0.369 e. The number of amides is 1. The quantitative estimate of drug-likeness (QED) is 0.624. The maximum Gasteiger partial charge on any atom is 0.292 e. The molecule has 0 saturated carbocycles. The van der Waals surface area contributed by atoms with Gasteiger partial charge in [0.2, 0.25) is 5.82 Å². The average molecular weight is 425 g/mol. The number of carbonyl (C=O) groups is 1. The lowest BCUT2D eigenvalue weighted by molar-refractivity contribution is 0.0743. The number of nitrogens with zero attached hydrogens (tertiary/aromatic N) is 4. The molecule has 1 amide bonds. The molecule has 2 aromatic heterocycles. The zero-order chi connectivity index (χ0) is 22.4. The number of rotatable bonds is 8. The van der Waals surface area contributed by atoms with Gasteiger partial charge in [-0.1, -0.05) is 18.7 Å². The minimum absolute atomic E-state index is 0.117. The third-order valence-electron chi connectivity index (χ3n) is 5.50. The predicted octanol–water partition coefficient (Wildman–Crippen LogP) is 4.06. The van der Waals surface area contributed by atoms with Crippen molar-refractivity contribution in [1.29, 1.82) is 0 Å². The molecular formula is C23H29FN6O. The molecule has 3 heterocycles. The van der Waals surface area contributed by atoms with Crippen molar-refractivity contribution in [2.24, 2.45) is 0 Å². The van der Waals surface area contributed by atoms with Crippen molar-refractivity contribution in [2.45, 2.75) is 46.1 Å². The number of anilines is 1. The van der Waals surface area contributed by atoms with E-state index in [1.807, 2.05) is 27.0 Å². The number of allylic oxidation sites excluding steroid dienone is 3. The number of halogens is 1. The first kappa shape index (κ1) is 22.4. The standard InChI is InChI=1S/C23H29FN6O/c1-5-6-8-19(24)16(3)20-9-7-12-30(20)23(31)22-28-17(4)15(2)21(29-22)25-11-10-18-13-26-27-14-18/h5-6,8,13-14,20H,3,7,9-12H2,1-2,4H3,(H,26,27)(H,25,28,29)/b6-5-,19-8+/t20-/m1/s1. The Morgan fingerprint density at radius 1 is 1.42 bits per heavy atom. The van der Waals surface area contributed by atoms with Crippen LogP contribution in [0.15, 0.2) is 48.6 Å². The molecule has 0 spiro atoms. The Morgan fingerprint density at radius 2 is 2.23 bits per heavy atom. The molecule has 8 heteroatoms. The number of hydrogen-bond donors (Lipinski definition) is 2. The molecule has 164 valence electrons. The molecule has 3 rings (SSSR count). The van der Waals surface area contributed by atoms with Gasteiger partial charge in [-0.15, -0.1) is 0 Å². The third kappa shape index (κ3) is 5.25. The molecule has 0 radical (unpaired) electrons. The van der Waals surface area contributed by atoms with Gasteiger partial charge >= 0.3 is 0 Å². The highest BCUT2D eigenvalue weighted by molar-refractivity contribution is 5.91. The number of H-pyrrole nitrogens is 1. The molecule has 0 bridgehead atoms. The van der Waals surface area contributed by atoms with E-state index in [1.54, 1.807) is 23.2 Å². The van der Waals surface area contributed by atoms with E-state index in [9.17, 15) is 9.18 Å². The molecule has 2 N–H and O–H groups in total. The van der Waals surface area contributed by atoms with Gasteiger partial charge in [0, 0.05) is 36.1 Å². The highest BCUT2D eigenvalue weighted by atomic mass is 19.1. The number of hydrogen-bond acceptors (Lipinski definition) is 5. The summed E-state index contributed by atoms with van der Waals surface area (Å²) in [6.07, 6.45) is 10.6. The van der Waals surface area contributed by atoms with E-state index in [0.717, 1.165) is 29.7 Å². The summed E-state index contributed by atoms with van der Waals surface area (Å²) < 4.78 is 14.4. The lowest BCUT2D eigenvalue weighted by Crippen LogP contribution is -2.38. The van der Waals surface area contributed by atoms with E-state index in [-0.39, 0.29) is 11.7 Å². The van der Waals surface area contributed by atoms with Crippen LogP contribution in [0.5, 0.6) is 0 Å². The third-order valence-corrected chi connectivity index (χ3v) is 5.50. The van der Waals surface area contributed by atoms with Crippen molar-refractivity contribution in [3.63, 3.8) is 0 Å². The fourth-order valence-electron chi connectivity index (χ4n) is 3.58. The maximum atomic E-state index is 14.4. The van der Waals surface area contributed by atoms with E-state index in [1.165, 1.54) is 6.08 Å². The van der Waals surface area contributed by atoms with Gasteiger partial charge in [0.1, 0.15) is 11.6 Å². The van der Waals surface area contributed by atoms with Gasteiger partial charge in [-0.3, -0.25) is 9.89 Å². The summed E-state index contributed by atoms with van der Waals surface area (Å²) in [7, 11) is 0. The molecule has 0 unspecified atom stereocenters. The van der Waals surface area contributed by atoms with Crippen LogP contribution in [-0.2, 0) is 6.42 Å². The van der Waals surface area contributed by atoms with Crippen LogP contribution in [-0.4, -0.2) is 50.1 Å². The molecule has 31 heavy (non-hydrogen) atoms. The van der Waals surface area contributed by atoms with E-state index in [4.69, 9.17) is 0 Å². The van der Waals surface area contributed by atoms with E-state index in [2.05, 4.69) is 32.1 Å². The van der Waals surface area contributed by atoms with Crippen LogP contribution in [0.2, 0.25) is 0 Å². The predicted molar refractivity (Wildman–Crippen MR) is 119 cm³/mol. The topological polar surface area (TPSA) is 86.8 Å². The van der Waals surface area contributed by atoms with Crippen molar-refractivity contribution >= 4 is 11.7 Å². The maximum absolute atomic E-state index is 14.4. The number of aromatic nitrogens is 4. The monoisotopic (exact) mass is 424 g/mol. The Labute approximate surface area is 182 Å². The summed E-state index contributed by atoms with van der Waals surface area (Å²) in [4.78, 5) is 23.8. The van der Waals surface area contributed by atoms with Gasteiger partial charge < -0.3 is 10.2 Å². The fourth-order valence-corrected chi connectivity index (χ4v) is 3.58. The summed E-state index contributed by atoms with van der Waals surface area (Å²) in [6, 6.07) is -0.392. The Kier molecular flexibility index (Phi) is 7.33. The van der Waals surface area contributed by atoms with Crippen molar-refractivity contribution in [2.75, 3.05) is 18.4 Å². The smallest absolute Gasteiger partial charge is 0.292 e. The summed E-state index contributed by atoms with van der Waals surface area (Å²) in [6.45, 7) is 10.7. The highest BCUT2D eigenvalue weighted by Gasteiger charge is 2.34. The van der Waals surface area contributed by atoms with Crippen LogP contribution in [0.3, 0.4) is 0 Å². The molecule has 0 aromatic carbocycles. The van der Waals surface area contributed by atoms with Crippen LogP contribution < -0.4 is 5.32 Å². The Balaban J connectivity index is 1.77. The van der Waals surface area contributed by atoms with Crippen molar-refractivity contribution < 1.29 is 9.18 Å². The van der Waals surface area contributed by atoms with Crippen LogP contribution in [0.4, 0.5) is 10.2 Å². The molecule has 2 aromatic rings. The number of nitrogens with one attached hydrogen (secondary N) is 2. The van der Waals surface area contributed by atoms with Gasteiger partial charge in [-0.05, 0) is 51.7 Å². The second kappa shape index (κ2) is 10.1. The van der Waals surface area contributed by atoms with Gasteiger partial charge in [0.05, 0.1) is 12.2 Å². The minimum atomic E-state index is -0.412. The second-order valence-corrected chi connectivity index (χ2v) is 7.61. The second-order valence-electron chi connectivity index (χ2n) is 7.61. The van der Waals surface area contributed by atoms with Crippen molar-refractivity contribution in [3.8, 4) is 0 Å². The zero-order valence-corrected chi connectivity index (χ0v) is 18.3. The molecule has 1 atom stereocenters. The van der Waals surface area contributed by atoms with Crippen molar-refractivity contribution in [3.05, 3.63) is 71.2 Å². The lowest BCUT2D eigenvalue weighted by atomic mass is 10.0. The first-order valence-electron chi connectivity index (χ1n) is 10.5. The summed E-state index contributed by atoms with van der Waals surface area (Å²) in [5, 5.41) is 10.0. The van der Waals surface area contributed by atoms with Gasteiger partial charge in [0.15, 0.2) is 0 Å². The SMILES string of the molecule is C=C(/C(F)=C\C=C/C)[C@H]1CCCN1C(=O)c1nc(C)c(C)c(NCCc2cn[nH]c2)n1. The van der Waals surface area contributed by atoms with Gasteiger partial charge in [0.25, 0.3) is 5.91 Å². The molecule has 1 saturated heterocycles. The molecule has 7 nitrogen and oxygen atoms in total. The van der Waals surface area contributed by atoms with Crippen LogP contribution in [0.25, 0.3) is 0 Å². The summed E-state index contributed by atoms with van der Waals surface area (Å²) in [5.74, 6) is 0.0356. The first-order valence-corrected chi connectivity index (χ1v) is 10.5. The number of likely N-dealkylation sites (tertiary alicyclic amines) is 1. The zero-order valence-electron chi connectivity index (χ0n) is 18.3. The van der Waals surface area contributed by atoms with E-state index in [0.29, 0.717) is 30.9 Å². The molecule has 0 aliphatic carbocycles. The van der Waals surface area contributed by atoms with Gasteiger partial charge in [-0.2, -0.15) is 5.10 Å². The average Bonchev–Trinajstić information content (AvgIpc) is 3.45. The normalized spacial score (nSPS) is 16.8. The Morgan fingerprint density at radius 3 is 2.94 bits per heavy atom. The summed E-state index contributed by atoms with van der Waals surface area (Å²) >= 11 is 0.